The van der Waals surface area contributed by atoms with Gasteiger partial charge in [0.15, 0.2) is 0 Å². The number of fused-ring (bicyclic) bond motifs is 1. The predicted molar refractivity (Wildman–Crippen MR) is 94.5 cm³/mol. The van der Waals surface area contributed by atoms with Crippen molar-refractivity contribution in [2.24, 2.45) is 0 Å². The number of benzene rings is 2. The predicted octanol–water partition coefficient (Wildman–Crippen LogP) is 4.14. The number of amides is 1. The van der Waals surface area contributed by atoms with Crippen molar-refractivity contribution in [1.82, 2.24) is 0 Å². The van der Waals surface area contributed by atoms with E-state index in [9.17, 15) is 4.79 Å². The largest absolute Gasteiger partial charge is 0.315 e. The molecule has 1 amide bonds. The molecule has 2 aromatic rings. The smallest absolute Gasteiger partial charge is 0.231 e. The molecule has 0 aromatic heterocycles. The van der Waals surface area contributed by atoms with Gasteiger partial charge in [-0.1, -0.05) is 55.5 Å². The Bertz CT molecular complexity index is 767. The Labute approximate surface area is 138 Å². The lowest BCUT2D eigenvalue weighted by molar-refractivity contribution is -0.117. The van der Waals surface area contributed by atoms with Crippen LogP contribution in [0.2, 0.25) is 0 Å². The van der Waals surface area contributed by atoms with Crippen LogP contribution in [-0.4, -0.2) is 13.0 Å². The van der Waals surface area contributed by atoms with E-state index < -0.39 is 0 Å². The van der Waals surface area contributed by atoms with Crippen molar-refractivity contribution in [3.05, 3.63) is 65.2 Å². The number of anilines is 1. The van der Waals surface area contributed by atoms with Gasteiger partial charge in [0, 0.05) is 24.2 Å². The number of carbonyl (C=O) groups is 1. The third-order valence-electron chi connectivity index (χ3n) is 4.32. The van der Waals surface area contributed by atoms with E-state index in [-0.39, 0.29) is 11.8 Å². The lowest BCUT2D eigenvalue weighted by Crippen LogP contribution is -2.20. The molecule has 1 heterocycles. The normalized spacial score (nSPS) is 14.2. The molecule has 23 heavy (non-hydrogen) atoms. The first-order chi connectivity index (χ1) is 11.2. The highest BCUT2D eigenvalue weighted by atomic mass is 16.2. The first-order valence-electron chi connectivity index (χ1n) is 8.15. The maximum Gasteiger partial charge on any atom is 0.231 e. The molecule has 0 saturated carbocycles. The summed E-state index contributed by atoms with van der Waals surface area (Å²) in [5.41, 5.74) is 4.42. The van der Waals surface area contributed by atoms with Crippen LogP contribution in [0.1, 0.15) is 42.4 Å². The molecular formula is C21H21NO. The summed E-state index contributed by atoms with van der Waals surface area (Å²) in [6.07, 6.45) is 2.62. The van der Waals surface area contributed by atoms with Crippen LogP contribution in [-0.2, 0) is 11.2 Å². The summed E-state index contributed by atoms with van der Waals surface area (Å²) in [6.45, 7) is 2.18. The van der Waals surface area contributed by atoms with E-state index >= 15 is 0 Å². The summed E-state index contributed by atoms with van der Waals surface area (Å²) in [5.74, 6) is 7.08. The van der Waals surface area contributed by atoms with Gasteiger partial charge < -0.3 is 4.90 Å². The summed E-state index contributed by atoms with van der Waals surface area (Å²) in [7, 11) is 1.84. The highest BCUT2D eigenvalue weighted by molar-refractivity contribution is 6.00. The van der Waals surface area contributed by atoms with Gasteiger partial charge in [-0.2, -0.15) is 0 Å². The highest BCUT2D eigenvalue weighted by Gasteiger charge is 2.24. The average molecular weight is 303 g/mol. The molecule has 2 aromatic carbocycles. The molecular weight excluding hydrogens is 282 g/mol. The number of hydrogen-bond acceptors (Lipinski definition) is 1. The van der Waals surface area contributed by atoms with Crippen LogP contribution in [0.5, 0.6) is 0 Å². The van der Waals surface area contributed by atoms with Crippen LogP contribution in [0.15, 0.2) is 48.5 Å². The van der Waals surface area contributed by atoms with Crippen molar-refractivity contribution in [3.63, 3.8) is 0 Å². The summed E-state index contributed by atoms with van der Waals surface area (Å²) in [6, 6.07) is 16.4. The minimum Gasteiger partial charge on any atom is -0.315 e. The molecule has 116 valence electrons. The minimum absolute atomic E-state index is 0.166. The number of nitrogens with zero attached hydrogens (tertiary/aromatic N) is 1. The Balaban J connectivity index is 1.89. The molecule has 1 atom stereocenters. The first kappa shape index (κ1) is 15.4. The Hall–Kier alpha value is -2.53. The van der Waals surface area contributed by atoms with E-state index in [2.05, 4.69) is 37.0 Å². The fraction of sp³-hybridized carbons (Fsp3) is 0.286. The number of rotatable bonds is 3. The van der Waals surface area contributed by atoms with Gasteiger partial charge in [-0.15, -0.1) is 0 Å². The van der Waals surface area contributed by atoms with Gasteiger partial charge >= 0.3 is 0 Å². The molecule has 2 heteroatoms. The van der Waals surface area contributed by atoms with Crippen molar-refractivity contribution >= 4 is 11.6 Å². The quantitative estimate of drug-likeness (QED) is 0.780. The average Bonchev–Trinajstić information content (AvgIpc) is 2.86. The Morgan fingerprint density at radius 3 is 2.70 bits per heavy atom. The molecule has 0 fully saturated rings. The fourth-order valence-corrected chi connectivity index (χ4v) is 3.01. The number of carbonyl (C=O) groups excluding carboxylic acids is 1. The highest BCUT2D eigenvalue weighted by Crippen LogP contribution is 2.31. The molecule has 2 nitrogen and oxygen atoms in total. The van der Waals surface area contributed by atoms with Crippen molar-refractivity contribution in [2.75, 3.05) is 11.9 Å². The molecule has 1 unspecified atom stereocenters. The summed E-state index contributed by atoms with van der Waals surface area (Å²) >= 11 is 0. The fourth-order valence-electron chi connectivity index (χ4n) is 3.01. The zero-order chi connectivity index (χ0) is 16.2. The van der Waals surface area contributed by atoms with E-state index in [1.54, 1.807) is 4.90 Å². The van der Waals surface area contributed by atoms with E-state index in [1.807, 2.05) is 37.4 Å². The van der Waals surface area contributed by atoms with Gasteiger partial charge in [0.25, 0.3) is 0 Å². The van der Waals surface area contributed by atoms with Crippen molar-refractivity contribution in [2.45, 2.75) is 32.1 Å². The van der Waals surface area contributed by atoms with E-state index in [0.717, 1.165) is 29.7 Å². The zero-order valence-corrected chi connectivity index (χ0v) is 13.7. The molecule has 1 aliphatic rings. The van der Waals surface area contributed by atoms with Crippen molar-refractivity contribution in [1.29, 1.82) is 0 Å². The Morgan fingerprint density at radius 2 is 1.96 bits per heavy atom. The van der Waals surface area contributed by atoms with Crippen LogP contribution in [0.4, 0.5) is 5.69 Å². The maximum absolute atomic E-state index is 11.8. The topological polar surface area (TPSA) is 20.3 Å². The zero-order valence-electron chi connectivity index (χ0n) is 13.7. The first-order valence-corrected chi connectivity index (χ1v) is 8.15. The monoisotopic (exact) mass is 303 g/mol. The summed E-state index contributed by atoms with van der Waals surface area (Å²) in [5, 5.41) is 0. The van der Waals surface area contributed by atoms with Crippen LogP contribution >= 0.6 is 0 Å². The molecule has 0 spiro atoms. The second-order valence-electron chi connectivity index (χ2n) is 5.99. The molecule has 1 aliphatic heterocycles. The van der Waals surface area contributed by atoms with Crippen LogP contribution < -0.4 is 4.90 Å². The lowest BCUT2D eigenvalue weighted by atomic mass is 9.92. The minimum atomic E-state index is 0.166. The molecule has 0 radical (unpaired) electrons. The van der Waals surface area contributed by atoms with Crippen LogP contribution in [0, 0.1) is 11.8 Å². The van der Waals surface area contributed by atoms with Gasteiger partial charge in [0.1, 0.15) is 0 Å². The van der Waals surface area contributed by atoms with Crippen LogP contribution in [0.25, 0.3) is 0 Å². The Kier molecular flexibility index (Phi) is 4.48. The third-order valence-corrected chi connectivity index (χ3v) is 4.32. The number of hydrogen-bond donors (Lipinski definition) is 0. The molecule has 0 N–H and O–H groups in total. The third kappa shape index (κ3) is 3.29. The van der Waals surface area contributed by atoms with Crippen LogP contribution in [0.3, 0.4) is 0 Å². The summed E-state index contributed by atoms with van der Waals surface area (Å²) < 4.78 is 0. The lowest BCUT2D eigenvalue weighted by Gasteiger charge is -2.13. The number of likely N-dealkylation sites (N-methyl/N-ethyl adjacent to an activating group) is 1. The van der Waals surface area contributed by atoms with Crippen molar-refractivity contribution < 1.29 is 4.79 Å². The standard InChI is InChI=1S/C21H21NO/c1-3-7-17(11-10-16-8-5-4-6-9-16)18-12-13-20-19(14-18)15-21(23)22(20)2/h4-6,8-9,12-14,17H,3,7,15H2,1-2H3. The summed E-state index contributed by atoms with van der Waals surface area (Å²) in [4.78, 5) is 13.6. The van der Waals surface area contributed by atoms with Gasteiger partial charge in [-0.05, 0) is 35.7 Å². The van der Waals surface area contributed by atoms with E-state index in [4.69, 9.17) is 0 Å². The van der Waals surface area contributed by atoms with Gasteiger partial charge in [-0.25, -0.2) is 0 Å². The molecule has 0 saturated heterocycles. The van der Waals surface area contributed by atoms with Crippen molar-refractivity contribution in [3.8, 4) is 11.8 Å². The Morgan fingerprint density at radius 1 is 1.17 bits per heavy atom. The molecule has 0 bridgehead atoms. The molecule has 3 rings (SSSR count). The van der Waals surface area contributed by atoms with Gasteiger partial charge in [0.2, 0.25) is 5.91 Å². The van der Waals surface area contributed by atoms with E-state index in [0.29, 0.717) is 6.42 Å². The van der Waals surface area contributed by atoms with E-state index in [1.165, 1.54) is 5.56 Å². The maximum atomic E-state index is 11.8. The second kappa shape index (κ2) is 6.71. The SMILES string of the molecule is CCCC(C#Cc1ccccc1)c1ccc2c(c1)CC(=O)N2C. The second-order valence-corrected chi connectivity index (χ2v) is 5.99. The van der Waals surface area contributed by atoms with Gasteiger partial charge in [-0.3, -0.25) is 4.79 Å². The molecule has 0 aliphatic carbocycles. The van der Waals surface area contributed by atoms with Gasteiger partial charge in [0.05, 0.1) is 6.42 Å².